The van der Waals surface area contributed by atoms with Crippen molar-refractivity contribution in [2.75, 3.05) is 31.2 Å². The molecular formula is C16H16N4O7S. The minimum Gasteiger partial charge on any atom is -0.348 e. The van der Waals surface area contributed by atoms with Gasteiger partial charge in [0.05, 0.1) is 28.4 Å². The van der Waals surface area contributed by atoms with E-state index < -0.39 is 32.6 Å². The molecule has 2 fully saturated rings. The van der Waals surface area contributed by atoms with Crippen molar-refractivity contribution in [1.82, 2.24) is 4.98 Å². The van der Waals surface area contributed by atoms with Crippen molar-refractivity contribution >= 4 is 37.9 Å². The summed E-state index contributed by atoms with van der Waals surface area (Å²) in [6.07, 6.45) is 1.18. The van der Waals surface area contributed by atoms with Gasteiger partial charge in [0.2, 0.25) is 0 Å². The summed E-state index contributed by atoms with van der Waals surface area (Å²) >= 11 is 0.997. The van der Waals surface area contributed by atoms with Crippen LogP contribution >= 0.6 is 11.3 Å². The van der Waals surface area contributed by atoms with E-state index >= 15 is 0 Å². The predicted molar refractivity (Wildman–Crippen MR) is 100 cm³/mol. The Morgan fingerprint density at radius 1 is 1.18 bits per heavy atom. The number of hydrogen-bond acceptors (Lipinski definition) is 10. The van der Waals surface area contributed by atoms with Crippen LogP contribution in [0.2, 0.25) is 0 Å². The summed E-state index contributed by atoms with van der Waals surface area (Å²) in [6.45, 7) is 3.45. The van der Waals surface area contributed by atoms with Crippen LogP contribution in [0.15, 0.2) is 10.9 Å². The minimum absolute atomic E-state index is 0.0827. The molecule has 0 radical (unpaired) electrons. The van der Waals surface area contributed by atoms with Crippen molar-refractivity contribution in [2.24, 2.45) is 0 Å². The first-order chi connectivity index (χ1) is 13.3. The zero-order chi connectivity index (χ0) is 20.1. The molecule has 4 rings (SSSR count). The van der Waals surface area contributed by atoms with E-state index in [0.717, 1.165) is 17.4 Å². The molecule has 1 aromatic heterocycles. The van der Waals surface area contributed by atoms with E-state index in [1.54, 1.807) is 0 Å². The van der Waals surface area contributed by atoms with Crippen LogP contribution in [0.25, 0.3) is 10.1 Å². The number of nitro benzene ring substituents is 2. The highest BCUT2D eigenvalue weighted by atomic mass is 32.1. The highest BCUT2D eigenvalue weighted by Gasteiger charge is 2.40. The third kappa shape index (κ3) is 2.99. The number of piperidine rings is 1. The average Bonchev–Trinajstić information content (AvgIpc) is 3.09. The Morgan fingerprint density at radius 2 is 1.82 bits per heavy atom. The lowest BCUT2D eigenvalue weighted by Crippen LogP contribution is -2.45. The number of aromatic nitrogens is 1. The van der Waals surface area contributed by atoms with Crippen molar-refractivity contribution < 1.29 is 19.3 Å². The topological polar surface area (TPSA) is 138 Å². The second kappa shape index (κ2) is 6.72. The van der Waals surface area contributed by atoms with Crippen molar-refractivity contribution in [3.8, 4) is 0 Å². The van der Waals surface area contributed by atoms with Gasteiger partial charge in [-0.3, -0.25) is 25.0 Å². The van der Waals surface area contributed by atoms with Crippen LogP contribution in [0.5, 0.6) is 0 Å². The summed E-state index contributed by atoms with van der Waals surface area (Å²) < 4.78 is 11.5. The monoisotopic (exact) mass is 408 g/mol. The zero-order valence-electron chi connectivity index (χ0n) is 14.9. The SMILES string of the molecule is Cc1c([N+](=O)[O-])cc2c(=O)nc(N3CCC4(CC3)OCCO4)sc2c1[N+](=O)[O-]. The summed E-state index contributed by atoms with van der Waals surface area (Å²) in [5.41, 5.74) is -1.69. The molecule has 11 nitrogen and oxygen atoms in total. The van der Waals surface area contributed by atoms with Crippen molar-refractivity contribution in [2.45, 2.75) is 25.6 Å². The Kier molecular flexibility index (Phi) is 4.48. The Hall–Kier alpha value is -2.70. The van der Waals surface area contributed by atoms with Gasteiger partial charge in [-0.25, -0.2) is 0 Å². The molecular weight excluding hydrogens is 392 g/mol. The maximum absolute atomic E-state index is 12.5. The largest absolute Gasteiger partial charge is 0.348 e. The Balaban J connectivity index is 1.79. The molecule has 2 aliphatic rings. The van der Waals surface area contributed by atoms with E-state index in [1.165, 1.54) is 6.92 Å². The van der Waals surface area contributed by atoms with Gasteiger partial charge >= 0.3 is 0 Å². The third-order valence-corrected chi connectivity index (χ3v) is 6.24. The van der Waals surface area contributed by atoms with Crippen LogP contribution in [0.3, 0.4) is 0 Å². The van der Waals surface area contributed by atoms with Crippen LogP contribution in [-0.2, 0) is 9.47 Å². The molecule has 0 N–H and O–H groups in total. The standard InChI is InChI=1S/C16H16N4O7S/c1-9-11(19(22)23)8-10-13(12(9)20(24)25)28-15(17-14(10)21)18-4-2-16(3-5-18)26-6-7-27-16/h8H,2-7H2,1H3. The molecule has 2 aromatic rings. The van der Waals surface area contributed by atoms with E-state index in [1.807, 2.05) is 4.90 Å². The van der Waals surface area contributed by atoms with Crippen molar-refractivity contribution in [3.63, 3.8) is 0 Å². The third-order valence-electron chi connectivity index (χ3n) is 5.09. The van der Waals surface area contributed by atoms with E-state index in [-0.39, 0.29) is 15.6 Å². The molecule has 0 atom stereocenters. The molecule has 2 saturated heterocycles. The summed E-state index contributed by atoms with van der Waals surface area (Å²) in [4.78, 5) is 39.8. The molecule has 3 heterocycles. The smallest absolute Gasteiger partial charge is 0.297 e. The fourth-order valence-corrected chi connectivity index (χ4v) is 4.83. The molecule has 0 saturated carbocycles. The molecule has 28 heavy (non-hydrogen) atoms. The second-order valence-corrected chi connectivity index (χ2v) is 7.63. The maximum atomic E-state index is 12.5. The molecule has 0 unspecified atom stereocenters. The first-order valence-electron chi connectivity index (χ1n) is 8.61. The minimum atomic E-state index is -0.731. The highest BCUT2D eigenvalue weighted by molar-refractivity contribution is 7.22. The molecule has 148 valence electrons. The summed E-state index contributed by atoms with van der Waals surface area (Å²) in [6, 6.07) is 1.07. The molecule has 0 amide bonds. The average molecular weight is 408 g/mol. The quantitative estimate of drug-likeness (QED) is 0.552. The Bertz CT molecular complexity index is 1040. The number of hydrogen-bond donors (Lipinski definition) is 0. The summed E-state index contributed by atoms with van der Waals surface area (Å²) in [7, 11) is 0. The van der Waals surface area contributed by atoms with Gasteiger partial charge in [0, 0.05) is 32.0 Å². The van der Waals surface area contributed by atoms with Gasteiger partial charge in [0.15, 0.2) is 10.9 Å². The van der Waals surface area contributed by atoms with Crippen molar-refractivity contribution in [1.29, 1.82) is 0 Å². The van der Waals surface area contributed by atoms with Gasteiger partial charge in [-0.2, -0.15) is 4.98 Å². The molecule has 2 aliphatic heterocycles. The van der Waals surface area contributed by atoms with Gasteiger partial charge in [0.25, 0.3) is 16.9 Å². The highest BCUT2D eigenvalue weighted by Crippen LogP contribution is 2.40. The first-order valence-corrected chi connectivity index (χ1v) is 9.43. The van der Waals surface area contributed by atoms with Gasteiger partial charge in [-0.05, 0) is 6.92 Å². The van der Waals surface area contributed by atoms with Crippen LogP contribution < -0.4 is 10.5 Å². The summed E-state index contributed by atoms with van der Waals surface area (Å²) in [5.74, 6) is -0.596. The van der Waals surface area contributed by atoms with Crippen LogP contribution in [0, 0.1) is 27.2 Å². The molecule has 0 aliphatic carbocycles. The lowest BCUT2D eigenvalue weighted by molar-refractivity contribution is -0.394. The Morgan fingerprint density at radius 3 is 2.39 bits per heavy atom. The van der Waals surface area contributed by atoms with Crippen LogP contribution in [0.4, 0.5) is 16.5 Å². The van der Waals surface area contributed by atoms with Gasteiger partial charge in [-0.1, -0.05) is 11.3 Å². The number of fused-ring (bicyclic) bond motifs is 1. The first kappa shape index (κ1) is 18.7. The number of anilines is 1. The van der Waals surface area contributed by atoms with E-state index in [0.29, 0.717) is 44.3 Å². The fraction of sp³-hybridized carbons (Fsp3) is 0.500. The van der Waals surface area contributed by atoms with Crippen molar-refractivity contribution in [3.05, 3.63) is 42.2 Å². The lowest BCUT2D eigenvalue weighted by Gasteiger charge is -2.37. The van der Waals surface area contributed by atoms with E-state index in [2.05, 4.69) is 4.98 Å². The lowest BCUT2D eigenvalue weighted by atomic mass is 10.0. The van der Waals surface area contributed by atoms with Crippen LogP contribution in [-0.4, -0.2) is 46.9 Å². The van der Waals surface area contributed by atoms with Gasteiger partial charge in [0.1, 0.15) is 10.3 Å². The number of ether oxygens (including phenoxy) is 2. The van der Waals surface area contributed by atoms with E-state index in [4.69, 9.17) is 9.47 Å². The predicted octanol–water partition coefficient (Wildman–Crippen LogP) is 2.12. The van der Waals surface area contributed by atoms with Gasteiger partial charge < -0.3 is 14.4 Å². The molecule has 1 spiro atoms. The number of benzene rings is 1. The summed E-state index contributed by atoms with van der Waals surface area (Å²) in [5, 5.41) is 23.1. The van der Waals surface area contributed by atoms with Crippen LogP contribution in [0.1, 0.15) is 18.4 Å². The number of rotatable bonds is 3. The number of nitrogens with zero attached hydrogens (tertiary/aromatic N) is 4. The normalized spacial score (nSPS) is 18.7. The molecule has 12 heteroatoms. The molecule has 0 bridgehead atoms. The fourth-order valence-electron chi connectivity index (χ4n) is 3.62. The number of nitro groups is 2. The zero-order valence-corrected chi connectivity index (χ0v) is 15.7. The van der Waals surface area contributed by atoms with E-state index in [9.17, 15) is 25.0 Å². The molecule has 1 aromatic carbocycles. The van der Waals surface area contributed by atoms with Gasteiger partial charge in [-0.15, -0.1) is 0 Å². The second-order valence-electron chi connectivity index (χ2n) is 6.66. The Labute approximate surface area is 161 Å². The maximum Gasteiger partial charge on any atom is 0.297 e.